The van der Waals surface area contributed by atoms with E-state index in [1.54, 1.807) is 0 Å². The minimum atomic E-state index is -0.146. The summed E-state index contributed by atoms with van der Waals surface area (Å²) in [4.78, 5) is 2.40. The molecular weight excluding hydrogens is 164 g/mol. The number of β-amino-alcohol motifs (C(OH)–C–C–N with tert-alkyl or cyclic N) is 1. The van der Waals surface area contributed by atoms with Crippen molar-refractivity contribution in [1.29, 1.82) is 0 Å². The van der Waals surface area contributed by atoms with Crippen molar-refractivity contribution in [2.75, 3.05) is 26.2 Å². The molecule has 76 valence electrons. The second-order valence-electron chi connectivity index (χ2n) is 4.28. The minimum Gasteiger partial charge on any atom is -0.390 e. The van der Waals surface area contributed by atoms with Gasteiger partial charge in [-0.25, -0.2) is 0 Å². The Morgan fingerprint density at radius 1 is 1.31 bits per heavy atom. The van der Waals surface area contributed by atoms with Gasteiger partial charge >= 0.3 is 0 Å². The van der Waals surface area contributed by atoms with Gasteiger partial charge < -0.3 is 15.3 Å². The molecule has 2 N–H and O–H groups in total. The monoisotopic (exact) mass is 184 g/mol. The van der Waals surface area contributed by atoms with Crippen LogP contribution in [0.2, 0.25) is 0 Å². The molecule has 13 heavy (non-hydrogen) atoms. The molecule has 2 rings (SSSR count). The summed E-state index contributed by atoms with van der Waals surface area (Å²) in [5.41, 5.74) is 0. The second-order valence-corrected chi connectivity index (χ2v) is 4.28. The molecule has 3 nitrogen and oxygen atoms in total. The van der Waals surface area contributed by atoms with Crippen molar-refractivity contribution in [2.24, 2.45) is 0 Å². The first-order valence-corrected chi connectivity index (χ1v) is 5.50. The van der Waals surface area contributed by atoms with Crippen LogP contribution in [0.3, 0.4) is 0 Å². The maximum Gasteiger partial charge on any atom is 0.0820 e. The fourth-order valence-electron chi connectivity index (χ4n) is 2.17. The highest BCUT2D eigenvalue weighted by atomic mass is 16.3. The Hall–Kier alpha value is -0.120. The number of aliphatic hydroxyl groups is 1. The zero-order chi connectivity index (χ0) is 9.10. The van der Waals surface area contributed by atoms with Crippen molar-refractivity contribution in [3.05, 3.63) is 0 Å². The summed E-state index contributed by atoms with van der Waals surface area (Å²) in [6.07, 6.45) is 4.99. The van der Waals surface area contributed by atoms with Crippen LogP contribution in [0.25, 0.3) is 0 Å². The van der Waals surface area contributed by atoms with Gasteiger partial charge in [0.15, 0.2) is 0 Å². The molecule has 0 saturated carbocycles. The Kier molecular flexibility index (Phi) is 3.19. The summed E-state index contributed by atoms with van der Waals surface area (Å²) in [5, 5.41) is 13.1. The van der Waals surface area contributed by atoms with Crippen LogP contribution in [0, 0.1) is 0 Å². The third kappa shape index (κ3) is 2.42. The standard InChI is InChI=1S/C10H20N2O/c13-10(9-4-5-11-9)8-12-6-2-1-3-7-12/h9-11,13H,1-8H2. The Balaban J connectivity index is 1.69. The van der Waals surface area contributed by atoms with E-state index in [2.05, 4.69) is 10.2 Å². The Morgan fingerprint density at radius 2 is 2.00 bits per heavy atom. The normalized spacial score (nSPS) is 32.5. The molecule has 2 aliphatic heterocycles. The number of likely N-dealkylation sites (tertiary alicyclic amines) is 1. The van der Waals surface area contributed by atoms with Crippen LogP contribution >= 0.6 is 0 Å². The minimum absolute atomic E-state index is 0.146. The van der Waals surface area contributed by atoms with Crippen molar-refractivity contribution >= 4 is 0 Å². The summed E-state index contributed by atoms with van der Waals surface area (Å²) in [6, 6.07) is 0.377. The Labute approximate surface area is 80.1 Å². The Bertz CT molecular complexity index is 153. The topological polar surface area (TPSA) is 35.5 Å². The van der Waals surface area contributed by atoms with Crippen LogP contribution in [-0.2, 0) is 0 Å². The molecule has 2 saturated heterocycles. The molecule has 3 heteroatoms. The number of nitrogens with zero attached hydrogens (tertiary/aromatic N) is 1. The number of aliphatic hydroxyl groups excluding tert-OH is 1. The molecule has 0 amide bonds. The second kappa shape index (κ2) is 4.40. The first-order chi connectivity index (χ1) is 6.36. The lowest BCUT2D eigenvalue weighted by Gasteiger charge is -2.36. The van der Waals surface area contributed by atoms with Gasteiger partial charge in [0, 0.05) is 12.6 Å². The van der Waals surface area contributed by atoms with Crippen LogP contribution in [0.15, 0.2) is 0 Å². The van der Waals surface area contributed by atoms with Gasteiger partial charge in [-0.15, -0.1) is 0 Å². The lowest BCUT2D eigenvalue weighted by Crippen LogP contribution is -2.54. The molecular formula is C10H20N2O. The molecule has 2 unspecified atom stereocenters. The van der Waals surface area contributed by atoms with Crippen molar-refractivity contribution < 1.29 is 5.11 Å². The van der Waals surface area contributed by atoms with Crippen LogP contribution in [0.1, 0.15) is 25.7 Å². The zero-order valence-electron chi connectivity index (χ0n) is 8.21. The number of piperidine rings is 1. The lowest BCUT2D eigenvalue weighted by molar-refractivity contribution is 0.0507. The molecule has 2 atom stereocenters. The molecule has 0 aliphatic carbocycles. The van der Waals surface area contributed by atoms with E-state index in [9.17, 15) is 5.11 Å². The summed E-state index contributed by atoms with van der Waals surface area (Å²) in [6.45, 7) is 4.33. The predicted octanol–water partition coefficient (Wildman–Crippen LogP) is 0.195. The van der Waals surface area contributed by atoms with Crippen LogP contribution in [-0.4, -0.2) is 48.3 Å². The third-order valence-electron chi connectivity index (χ3n) is 3.22. The summed E-state index contributed by atoms with van der Waals surface area (Å²) < 4.78 is 0. The maximum absolute atomic E-state index is 9.82. The van der Waals surface area contributed by atoms with Gasteiger partial charge in [0.2, 0.25) is 0 Å². The third-order valence-corrected chi connectivity index (χ3v) is 3.22. The average Bonchev–Trinajstić information content (AvgIpc) is 2.02. The van der Waals surface area contributed by atoms with Crippen molar-refractivity contribution in [3.63, 3.8) is 0 Å². The summed E-state index contributed by atoms with van der Waals surface area (Å²) in [7, 11) is 0. The number of hydrogen-bond acceptors (Lipinski definition) is 3. The maximum atomic E-state index is 9.82. The Morgan fingerprint density at radius 3 is 2.54 bits per heavy atom. The molecule has 2 aliphatic rings. The fraction of sp³-hybridized carbons (Fsp3) is 1.00. The zero-order valence-corrected chi connectivity index (χ0v) is 8.21. The molecule has 0 aromatic rings. The molecule has 0 aromatic carbocycles. The van der Waals surface area contributed by atoms with Crippen molar-refractivity contribution in [1.82, 2.24) is 10.2 Å². The molecule has 2 fully saturated rings. The summed E-state index contributed by atoms with van der Waals surface area (Å²) >= 11 is 0. The van der Waals surface area contributed by atoms with Gasteiger partial charge in [-0.1, -0.05) is 6.42 Å². The van der Waals surface area contributed by atoms with E-state index in [-0.39, 0.29) is 6.10 Å². The highest BCUT2D eigenvalue weighted by Crippen LogP contribution is 2.13. The van der Waals surface area contributed by atoms with Gasteiger partial charge in [0.1, 0.15) is 0 Å². The first-order valence-electron chi connectivity index (χ1n) is 5.50. The van der Waals surface area contributed by atoms with E-state index >= 15 is 0 Å². The van der Waals surface area contributed by atoms with E-state index in [4.69, 9.17) is 0 Å². The van der Waals surface area contributed by atoms with Gasteiger partial charge in [-0.3, -0.25) is 0 Å². The van der Waals surface area contributed by atoms with E-state index in [0.29, 0.717) is 6.04 Å². The lowest BCUT2D eigenvalue weighted by atomic mass is 10.00. The van der Waals surface area contributed by atoms with Crippen LogP contribution < -0.4 is 5.32 Å². The van der Waals surface area contributed by atoms with Gasteiger partial charge in [0.25, 0.3) is 0 Å². The number of rotatable bonds is 3. The molecule has 0 radical (unpaired) electrons. The highest BCUT2D eigenvalue weighted by molar-refractivity contribution is 4.86. The quantitative estimate of drug-likeness (QED) is 0.657. The number of hydrogen-bond donors (Lipinski definition) is 2. The van der Waals surface area contributed by atoms with E-state index in [0.717, 1.165) is 19.5 Å². The molecule has 0 spiro atoms. The largest absolute Gasteiger partial charge is 0.390 e. The SMILES string of the molecule is OC(CN1CCCCC1)C1CCN1. The van der Waals surface area contributed by atoms with Gasteiger partial charge in [0.05, 0.1) is 6.10 Å². The van der Waals surface area contributed by atoms with Crippen molar-refractivity contribution in [3.8, 4) is 0 Å². The van der Waals surface area contributed by atoms with Crippen molar-refractivity contribution in [2.45, 2.75) is 37.8 Å². The molecule has 2 heterocycles. The smallest absolute Gasteiger partial charge is 0.0820 e. The highest BCUT2D eigenvalue weighted by Gasteiger charge is 2.26. The van der Waals surface area contributed by atoms with Gasteiger partial charge in [-0.05, 0) is 38.9 Å². The molecule has 0 bridgehead atoms. The van der Waals surface area contributed by atoms with E-state index in [1.165, 1.54) is 32.4 Å². The average molecular weight is 184 g/mol. The van der Waals surface area contributed by atoms with Gasteiger partial charge in [-0.2, -0.15) is 0 Å². The summed E-state index contributed by atoms with van der Waals surface area (Å²) in [5.74, 6) is 0. The van der Waals surface area contributed by atoms with E-state index in [1.807, 2.05) is 0 Å². The van der Waals surface area contributed by atoms with E-state index < -0.39 is 0 Å². The van der Waals surface area contributed by atoms with Crippen LogP contribution in [0.4, 0.5) is 0 Å². The number of nitrogens with one attached hydrogen (secondary N) is 1. The van der Waals surface area contributed by atoms with Crippen LogP contribution in [0.5, 0.6) is 0 Å². The predicted molar refractivity (Wildman–Crippen MR) is 52.7 cm³/mol. The first kappa shape index (κ1) is 9.44. The molecule has 0 aromatic heterocycles. The fourth-order valence-corrected chi connectivity index (χ4v) is 2.17.